The van der Waals surface area contributed by atoms with Crippen LogP contribution in [-0.4, -0.2) is 52.8 Å². The summed E-state index contributed by atoms with van der Waals surface area (Å²) < 4.78 is 0. The molecular formula is C22H25N5O3. The van der Waals surface area contributed by atoms with E-state index in [-0.39, 0.29) is 37.0 Å². The molecule has 1 saturated heterocycles. The Kier molecular flexibility index (Phi) is 6.37. The smallest absolute Gasteiger partial charge is 0.257 e. The van der Waals surface area contributed by atoms with Crippen LogP contribution in [0.4, 0.5) is 5.69 Å². The number of nitriles is 2. The van der Waals surface area contributed by atoms with Gasteiger partial charge < -0.3 is 9.80 Å². The number of anilines is 1. The number of hydrogen-bond acceptors (Lipinski definition) is 5. The van der Waals surface area contributed by atoms with Gasteiger partial charge in [0.05, 0.1) is 36.2 Å². The van der Waals surface area contributed by atoms with Crippen molar-refractivity contribution in [2.75, 3.05) is 24.5 Å². The van der Waals surface area contributed by atoms with Crippen molar-refractivity contribution in [2.45, 2.75) is 51.1 Å². The van der Waals surface area contributed by atoms with E-state index in [0.717, 1.165) is 0 Å². The summed E-state index contributed by atoms with van der Waals surface area (Å²) in [5, 5.41) is 17.6. The van der Waals surface area contributed by atoms with Gasteiger partial charge in [0.2, 0.25) is 11.8 Å². The lowest BCUT2D eigenvalue weighted by Gasteiger charge is -2.48. The van der Waals surface area contributed by atoms with E-state index in [1.165, 1.54) is 4.90 Å². The summed E-state index contributed by atoms with van der Waals surface area (Å²) in [4.78, 5) is 43.3. The first-order valence-corrected chi connectivity index (χ1v) is 10.2. The Morgan fingerprint density at radius 3 is 2.50 bits per heavy atom. The van der Waals surface area contributed by atoms with Gasteiger partial charge in [0.15, 0.2) is 0 Å². The number of benzene rings is 1. The molecule has 3 amide bonds. The van der Waals surface area contributed by atoms with Crippen LogP contribution in [0.1, 0.15) is 55.8 Å². The predicted octanol–water partition coefficient (Wildman–Crippen LogP) is 2.42. The number of carbonyl (C=O) groups excluding carboxylic acids is 3. The summed E-state index contributed by atoms with van der Waals surface area (Å²) in [5.74, 6) is -0.259. The maximum Gasteiger partial charge on any atom is 0.257 e. The highest BCUT2D eigenvalue weighted by atomic mass is 16.2. The second kappa shape index (κ2) is 8.96. The summed E-state index contributed by atoms with van der Waals surface area (Å²) in [5.41, 5.74) is 0.424. The highest BCUT2D eigenvalue weighted by Gasteiger charge is 2.52. The first kappa shape index (κ1) is 21.3. The summed E-state index contributed by atoms with van der Waals surface area (Å²) in [6, 6.07) is 11.2. The fourth-order valence-electron chi connectivity index (χ4n) is 4.32. The lowest BCUT2D eigenvalue weighted by Crippen LogP contribution is -2.62. The second-order valence-corrected chi connectivity index (χ2v) is 7.72. The second-order valence-electron chi connectivity index (χ2n) is 7.72. The van der Waals surface area contributed by atoms with Crippen molar-refractivity contribution in [1.82, 2.24) is 9.80 Å². The number of fused-ring (bicyclic) bond motifs is 3. The van der Waals surface area contributed by atoms with Crippen molar-refractivity contribution < 1.29 is 14.4 Å². The van der Waals surface area contributed by atoms with Crippen molar-refractivity contribution in [3.8, 4) is 12.1 Å². The standard InChI is InChI=1S/C22H25N5O3/c1-22-11-10-20(29)27(22)18-8-3-2-7-17(18)21(30)26(22)16-4-9-19(28)25(14-5-12-23)15-6-13-24/h2-3,7-8H,4-6,9-11,14-16H2,1H3. The largest absolute Gasteiger partial charge is 0.341 e. The number of carbonyl (C=O) groups is 3. The van der Waals surface area contributed by atoms with Gasteiger partial charge in [-0.25, -0.2) is 0 Å². The van der Waals surface area contributed by atoms with Gasteiger partial charge in [-0.05, 0) is 31.9 Å². The van der Waals surface area contributed by atoms with Gasteiger partial charge in [-0.2, -0.15) is 10.5 Å². The molecule has 2 aliphatic heterocycles. The van der Waals surface area contributed by atoms with E-state index in [1.54, 1.807) is 28.0 Å². The average Bonchev–Trinajstić information content (AvgIpc) is 3.05. The first-order chi connectivity index (χ1) is 14.4. The highest BCUT2D eigenvalue weighted by Crippen LogP contribution is 2.44. The van der Waals surface area contributed by atoms with Crippen molar-refractivity contribution in [3.63, 3.8) is 0 Å². The third-order valence-electron chi connectivity index (χ3n) is 5.86. The topological polar surface area (TPSA) is 109 Å². The molecule has 0 bridgehead atoms. The predicted molar refractivity (Wildman–Crippen MR) is 109 cm³/mol. The van der Waals surface area contributed by atoms with E-state index in [4.69, 9.17) is 10.5 Å². The van der Waals surface area contributed by atoms with Crippen LogP contribution in [0.5, 0.6) is 0 Å². The number of rotatable bonds is 8. The quantitative estimate of drug-likeness (QED) is 0.657. The molecule has 8 nitrogen and oxygen atoms in total. The van der Waals surface area contributed by atoms with E-state index < -0.39 is 5.66 Å². The molecule has 0 aliphatic carbocycles. The van der Waals surface area contributed by atoms with Gasteiger partial charge in [-0.3, -0.25) is 19.3 Å². The van der Waals surface area contributed by atoms with Gasteiger partial charge in [-0.15, -0.1) is 0 Å². The van der Waals surface area contributed by atoms with Crippen LogP contribution in [0.2, 0.25) is 0 Å². The molecule has 3 rings (SSSR count). The molecule has 1 unspecified atom stereocenters. The zero-order valence-electron chi connectivity index (χ0n) is 17.1. The minimum absolute atomic E-state index is 0.00212. The lowest BCUT2D eigenvalue weighted by atomic mass is 9.98. The number of hydrogen-bond donors (Lipinski definition) is 0. The third-order valence-corrected chi connectivity index (χ3v) is 5.86. The van der Waals surface area contributed by atoms with E-state index in [0.29, 0.717) is 50.1 Å². The Bertz CT molecular complexity index is 913. The SMILES string of the molecule is CC12CCC(=O)N1c1ccccc1C(=O)N2CCCC(=O)N(CCC#N)CCC#N. The van der Waals surface area contributed by atoms with E-state index in [1.807, 2.05) is 25.1 Å². The molecule has 0 N–H and O–H groups in total. The van der Waals surface area contributed by atoms with Crippen molar-refractivity contribution in [1.29, 1.82) is 10.5 Å². The number of nitrogens with zero attached hydrogens (tertiary/aromatic N) is 5. The van der Waals surface area contributed by atoms with Crippen molar-refractivity contribution in [3.05, 3.63) is 29.8 Å². The molecule has 1 aromatic rings. The molecule has 156 valence electrons. The molecule has 0 radical (unpaired) electrons. The highest BCUT2D eigenvalue weighted by molar-refractivity contribution is 6.10. The normalized spacial score (nSPS) is 19.7. The van der Waals surface area contributed by atoms with Crippen LogP contribution in [0.3, 0.4) is 0 Å². The van der Waals surface area contributed by atoms with Crippen LogP contribution in [0.25, 0.3) is 0 Å². The Morgan fingerprint density at radius 1 is 1.17 bits per heavy atom. The Morgan fingerprint density at radius 2 is 1.83 bits per heavy atom. The zero-order chi connectivity index (χ0) is 21.7. The van der Waals surface area contributed by atoms with Gasteiger partial charge in [0.1, 0.15) is 5.66 Å². The van der Waals surface area contributed by atoms with E-state index in [9.17, 15) is 14.4 Å². The molecule has 1 atom stereocenters. The van der Waals surface area contributed by atoms with Gasteiger partial charge in [0.25, 0.3) is 5.91 Å². The number of para-hydroxylation sites is 1. The molecule has 30 heavy (non-hydrogen) atoms. The summed E-state index contributed by atoms with van der Waals surface area (Å²) >= 11 is 0. The first-order valence-electron chi connectivity index (χ1n) is 10.2. The molecule has 0 saturated carbocycles. The Labute approximate surface area is 176 Å². The summed E-state index contributed by atoms with van der Waals surface area (Å²) in [7, 11) is 0. The van der Waals surface area contributed by atoms with E-state index in [2.05, 4.69) is 0 Å². The zero-order valence-corrected chi connectivity index (χ0v) is 17.1. The molecule has 0 aromatic heterocycles. The monoisotopic (exact) mass is 407 g/mol. The minimum atomic E-state index is -0.729. The fraction of sp³-hybridized carbons (Fsp3) is 0.500. The Balaban J connectivity index is 1.71. The van der Waals surface area contributed by atoms with Crippen LogP contribution >= 0.6 is 0 Å². The molecule has 2 heterocycles. The maximum absolute atomic E-state index is 13.2. The number of amides is 3. The molecule has 2 aliphatic rings. The molecule has 1 aromatic carbocycles. The summed E-state index contributed by atoms with van der Waals surface area (Å²) in [6.45, 7) is 2.85. The molecular weight excluding hydrogens is 382 g/mol. The third kappa shape index (κ3) is 3.86. The molecule has 1 fully saturated rings. The average molecular weight is 407 g/mol. The van der Waals surface area contributed by atoms with Gasteiger partial charge in [-0.1, -0.05) is 12.1 Å². The van der Waals surface area contributed by atoms with Crippen molar-refractivity contribution >= 4 is 23.4 Å². The molecule has 0 spiro atoms. The minimum Gasteiger partial charge on any atom is -0.341 e. The summed E-state index contributed by atoms with van der Waals surface area (Å²) in [6.07, 6.45) is 2.02. The van der Waals surface area contributed by atoms with Crippen molar-refractivity contribution in [2.24, 2.45) is 0 Å². The van der Waals surface area contributed by atoms with E-state index >= 15 is 0 Å². The van der Waals surface area contributed by atoms with Crippen LogP contribution in [0.15, 0.2) is 24.3 Å². The Hall–Kier alpha value is -3.39. The lowest BCUT2D eigenvalue weighted by molar-refractivity contribution is -0.131. The van der Waals surface area contributed by atoms with Crippen LogP contribution in [-0.2, 0) is 9.59 Å². The molecule has 8 heteroatoms. The fourth-order valence-corrected chi connectivity index (χ4v) is 4.32. The van der Waals surface area contributed by atoms with Crippen LogP contribution < -0.4 is 4.90 Å². The van der Waals surface area contributed by atoms with Gasteiger partial charge in [0, 0.05) is 32.5 Å². The van der Waals surface area contributed by atoms with Crippen LogP contribution in [0, 0.1) is 22.7 Å². The van der Waals surface area contributed by atoms with Gasteiger partial charge >= 0.3 is 0 Å². The maximum atomic E-state index is 13.2.